The predicted octanol–water partition coefficient (Wildman–Crippen LogP) is 1.33. The van der Waals surface area contributed by atoms with E-state index in [1.807, 2.05) is 0 Å². The molecule has 1 saturated heterocycles. The Morgan fingerprint density at radius 1 is 1.33 bits per heavy atom. The fourth-order valence-electron chi connectivity index (χ4n) is 2.32. The van der Waals surface area contributed by atoms with Crippen molar-refractivity contribution < 1.29 is 27.5 Å². The molecule has 1 N–H and O–H groups in total. The van der Waals surface area contributed by atoms with Gasteiger partial charge in [0, 0.05) is 6.54 Å². The van der Waals surface area contributed by atoms with Crippen LogP contribution in [-0.2, 0) is 14.3 Å². The Balaban J connectivity index is 2.73. The summed E-state index contributed by atoms with van der Waals surface area (Å²) in [5.74, 6) is -0.769. The summed E-state index contributed by atoms with van der Waals surface area (Å²) >= 11 is 0. The van der Waals surface area contributed by atoms with Gasteiger partial charge >= 0.3 is 6.18 Å². The average Bonchev–Trinajstić information content (AvgIpc) is 2.27. The van der Waals surface area contributed by atoms with E-state index in [0.29, 0.717) is 0 Å². The monoisotopic (exact) mass is 310 g/mol. The highest BCUT2D eigenvalue weighted by molar-refractivity contribution is 5.99. The first-order valence-corrected chi connectivity index (χ1v) is 6.73. The van der Waals surface area contributed by atoms with Crippen LogP contribution in [0.15, 0.2) is 0 Å². The van der Waals surface area contributed by atoms with Gasteiger partial charge in [0.15, 0.2) is 0 Å². The molecule has 5 nitrogen and oxygen atoms in total. The third-order valence-electron chi connectivity index (χ3n) is 3.21. The molecule has 0 aromatic heterocycles. The van der Waals surface area contributed by atoms with Crippen LogP contribution in [0.3, 0.4) is 0 Å². The number of nitrogens with zero attached hydrogens (tertiary/aromatic N) is 1. The minimum atomic E-state index is -4.40. The molecule has 0 bridgehead atoms. The van der Waals surface area contributed by atoms with Crippen LogP contribution in [-0.4, -0.2) is 54.2 Å². The molecule has 0 spiro atoms. The molecule has 1 aliphatic rings. The van der Waals surface area contributed by atoms with Crippen molar-refractivity contribution in [1.29, 1.82) is 0 Å². The largest absolute Gasteiger partial charge is 0.411 e. The van der Waals surface area contributed by atoms with Gasteiger partial charge in [-0.15, -0.1) is 0 Å². The fourth-order valence-corrected chi connectivity index (χ4v) is 2.32. The lowest BCUT2D eigenvalue weighted by Gasteiger charge is -2.44. The van der Waals surface area contributed by atoms with Crippen LogP contribution < -0.4 is 5.32 Å². The van der Waals surface area contributed by atoms with E-state index < -0.39 is 24.4 Å². The van der Waals surface area contributed by atoms with E-state index in [2.05, 4.69) is 10.1 Å². The minimum Gasteiger partial charge on any atom is -0.370 e. The number of nitrogens with one attached hydrogen (secondary N) is 1. The second-order valence-corrected chi connectivity index (χ2v) is 5.97. The maximum Gasteiger partial charge on any atom is 0.411 e. The first-order chi connectivity index (χ1) is 9.46. The Labute approximate surface area is 121 Å². The Morgan fingerprint density at radius 3 is 2.38 bits per heavy atom. The number of rotatable bonds is 5. The normalized spacial score (nSPS) is 22.7. The van der Waals surface area contributed by atoms with Crippen molar-refractivity contribution in [3.63, 3.8) is 0 Å². The second-order valence-electron chi connectivity index (χ2n) is 5.97. The van der Waals surface area contributed by atoms with Gasteiger partial charge in [0.1, 0.15) is 18.2 Å². The lowest BCUT2D eigenvalue weighted by Crippen LogP contribution is -2.69. The van der Waals surface area contributed by atoms with Gasteiger partial charge in [0.2, 0.25) is 11.8 Å². The van der Waals surface area contributed by atoms with Crippen molar-refractivity contribution in [2.24, 2.45) is 5.92 Å². The maximum absolute atomic E-state index is 12.3. The Bertz CT molecular complexity index is 408. The zero-order valence-corrected chi connectivity index (χ0v) is 12.6. The predicted molar refractivity (Wildman–Crippen MR) is 69.4 cm³/mol. The van der Waals surface area contributed by atoms with Crippen LogP contribution in [0, 0.1) is 5.92 Å². The van der Waals surface area contributed by atoms with Crippen LogP contribution in [0.2, 0.25) is 0 Å². The quantitative estimate of drug-likeness (QED) is 0.779. The molecule has 1 rings (SSSR count). The molecule has 1 unspecified atom stereocenters. The molecule has 1 fully saturated rings. The molecule has 0 radical (unpaired) electrons. The average molecular weight is 310 g/mol. The molecule has 122 valence electrons. The molecule has 1 atom stereocenters. The number of piperazine rings is 1. The number of amides is 2. The van der Waals surface area contributed by atoms with Crippen LogP contribution in [0.25, 0.3) is 0 Å². The van der Waals surface area contributed by atoms with Crippen molar-refractivity contribution >= 4 is 11.8 Å². The van der Waals surface area contributed by atoms with Crippen molar-refractivity contribution in [1.82, 2.24) is 10.2 Å². The highest BCUT2D eigenvalue weighted by atomic mass is 19.4. The summed E-state index contributed by atoms with van der Waals surface area (Å²) in [6.45, 7) is 5.00. The number of hydrogen-bond acceptors (Lipinski definition) is 3. The molecule has 2 amide bonds. The lowest BCUT2D eigenvalue weighted by molar-refractivity contribution is -0.177. The summed E-state index contributed by atoms with van der Waals surface area (Å²) in [5, 5.41) is 2.63. The Morgan fingerprint density at radius 2 is 1.90 bits per heavy atom. The lowest BCUT2D eigenvalue weighted by atomic mass is 9.91. The second kappa shape index (κ2) is 6.21. The van der Waals surface area contributed by atoms with Gasteiger partial charge in [-0.2, -0.15) is 13.2 Å². The van der Waals surface area contributed by atoms with E-state index in [-0.39, 0.29) is 30.9 Å². The van der Waals surface area contributed by atoms with Gasteiger partial charge in [-0.1, -0.05) is 13.8 Å². The zero-order chi connectivity index (χ0) is 16.4. The number of hydrogen-bond donors (Lipinski definition) is 1. The molecule has 21 heavy (non-hydrogen) atoms. The van der Waals surface area contributed by atoms with Crippen LogP contribution >= 0.6 is 0 Å². The van der Waals surface area contributed by atoms with Gasteiger partial charge in [-0.05, 0) is 19.8 Å². The Hall–Kier alpha value is -1.31. The van der Waals surface area contributed by atoms with Crippen molar-refractivity contribution in [2.75, 3.05) is 19.8 Å². The number of halogens is 3. The fraction of sp³-hybridized carbons (Fsp3) is 0.846. The molecule has 0 aromatic rings. The minimum absolute atomic E-state index is 0.0470. The van der Waals surface area contributed by atoms with Crippen molar-refractivity contribution in [3.8, 4) is 0 Å². The molecule has 0 saturated carbocycles. The number of carbonyl (C=O) groups excluding carboxylic acids is 2. The number of ether oxygens (including phenoxy) is 1. The van der Waals surface area contributed by atoms with E-state index >= 15 is 0 Å². The first kappa shape index (κ1) is 17.7. The molecule has 8 heteroatoms. The van der Waals surface area contributed by atoms with Crippen LogP contribution in [0.1, 0.15) is 27.7 Å². The van der Waals surface area contributed by atoms with Gasteiger partial charge in [0.25, 0.3) is 0 Å². The summed E-state index contributed by atoms with van der Waals surface area (Å²) in [7, 11) is 0. The van der Waals surface area contributed by atoms with E-state index in [9.17, 15) is 22.8 Å². The van der Waals surface area contributed by atoms with E-state index in [1.54, 1.807) is 27.7 Å². The third kappa shape index (κ3) is 4.59. The summed E-state index contributed by atoms with van der Waals surface area (Å²) in [6, 6.07) is -0.694. The molecule has 1 heterocycles. The molecular weight excluding hydrogens is 289 g/mol. The third-order valence-corrected chi connectivity index (χ3v) is 3.21. The van der Waals surface area contributed by atoms with Crippen LogP contribution in [0.5, 0.6) is 0 Å². The highest BCUT2D eigenvalue weighted by Crippen LogP contribution is 2.22. The Kier molecular flexibility index (Phi) is 5.25. The summed E-state index contributed by atoms with van der Waals surface area (Å²) < 4.78 is 40.6. The topological polar surface area (TPSA) is 58.6 Å². The number of carbonyl (C=O) groups is 2. The van der Waals surface area contributed by atoms with Gasteiger partial charge in [0.05, 0.1) is 6.61 Å². The van der Waals surface area contributed by atoms with Crippen molar-refractivity contribution in [2.45, 2.75) is 45.5 Å². The number of alkyl halides is 3. The zero-order valence-electron chi connectivity index (χ0n) is 12.6. The molecule has 0 aromatic carbocycles. The first-order valence-electron chi connectivity index (χ1n) is 6.73. The summed E-state index contributed by atoms with van der Waals surface area (Å²) in [5.41, 5.74) is -1.06. The van der Waals surface area contributed by atoms with E-state index in [4.69, 9.17) is 0 Å². The summed E-state index contributed by atoms with van der Waals surface area (Å²) in [4.78, 5) is 25.7. The standard InChI is InChI=1S/C13H21F3N2O3/c1-8(2)9-10(19)17-12(3,4)11(20)18(9)5-6-21-7-13(14,15)16/h8-9H,5-7H2,1-4H3,(H,17,19). The van der Waals surface area contributed by atoms with Crippen molar-refractivity contribution in [3.05, 3.63) is 0 Å². The molecule has 0 aliphatic carbocycles. The van der Waals surface area contributed by atoms with Gasteiger partial charge in [-0.25, -0.2) is 0 Å². The van der Waals surface area contributed by atoms with Gasteiger partial charge < -0.3 is 15.0 Å². The van der Waals surface area contributed by atoms with Gasteiger partial charge in [-0.3, -0.25) is 9.59 Å². The summed E-state index contributed by atoms with van der Waals surface area (Å²) in [6.07, 6.45) is -4.40. The van der Waals surface area contributed by atoms with E-state index in [0.717, 1.165) is 0 Å². The smallest absolute Gasteiger partial charge is 0.370 e. The highest BCUT2D eigenvalue weighted by Gasteiger charge is 2.46. The molecule has 1 aliphatic heterocycles. The maximum atomic E-state index is 12.3. The van der Waals surface area contributed by atoms with Crippen LogP contribution in [0.4, 0.5) is 13.2 Å². The van der Waals surface area contributed by atoms with E-state index in [1.165, 1.54) is 4.90 Å². The molecular formula is C13H21F3N2O3. The SMILES string of the molecule is CC(C)C1C(=O)NC(C)(C)C(=O)N1CCOCC(F)(F)F.